The van der Waals surface area contributed by atoms with E-state index in [9.17, 15) is 0 Å². The summed E-state index contributed by atoms with van der Waals surface area (Å²) in [5, 5.41) is 0. The average molecular weight is 151 g/mol. The zero-order chi connectivity index (χ0) is 7.49. The van der Waals surface area contributed by atoms with Crippen LogP contribution in [0.5, 0.6) is 0 Å². The van der Waals surface area contributed by atoms with E-state index in [0.29, 0.717) is 6.54 Å². The molecule has 0 bridgehead atoms. The lowest BCUT2D eigenvalue weighted by Gasteiger charge is -2.20. The number of hydrogen-bond acceptors (Lipinski definition) is 4. The van der Waals surface area contributed by atoms with Crippen LogP contribution < -0.4 is 0 Å². The molecule has 3 N–H and O–H groups in total. The zero-order valence-corrected chi connectivity index (χ0v) is 6.70. The Bertz CT molecular complexity index is 82.4. The second-order valence-electron chi connectivity index (χ2n) is 2.02. The third-order valence-electron chi connectivity index (χ3n) is 1.07. The van der Waals surface area contributed by atoms with E-state index in [1.54, 1.807) is 0 Å². The Labute approximate surface area is 55.8 Å². The number of nitrogens with zero attached hydrogens (tertiary/aromatic N) is 1. The molecule has 0 heterocycles. The molecule has 0 radical (unpaired) electrons. The highest BCUT2D eigenvalue weighted by Crippen LogP contribution is 1.94. The van der Waals surface area contributed by atoms with E-state index in [4.69, 9.17) is 14.4 Å². The zero-order valence-electron chi connectivity index (χ0n) is 5.70. The molecule has 0 saturated carbocycles. The van der Waals surface area contributed by atoms with E-state index in [0.717, 1.165) is 6.42 Å². The molecule has 0 aromatic rings. The van der Waals surface area contributed by atoms with Crippen molar-refractivity contribution in [3.8, 4) is 0 Å². The van der Waals surface area contributed by atoms with Crippen molar-refractivity contribution in [3.63, 3.8) is 0 Å². The summed E-state index contributed by atoms with van der Waals surface area (Å²) in [6.07, 6.45) is 0.799. The highest BCUT2D eigenvalue weighted by molar-refractivity contribution is 6.52. The Morgan fingerprint density at radius 2 is 1.78 bits per heavy atom. The van der Waals surface area contributed by atoms with Crippen molar-refractivity contribution >= 4 is 8.97 Å². The van der Waals surface area contributed by atoms with Crippen LogP contribution in [-0.4, -0.2) is 41.5 Å². The van der Waals surface area contributed by atoms with Crippen molar-refractivity contribution in [3.05, 3.63) is 0 Å². The maximum absolute atomic E-state index is 8.59. The summed E-state index contributed by atoms with van der Waals surface area (Å²) in [6, 6.07) is 0. The second kappa shape index (κ2) is 3.28. The predicted molar refractivity (Wildman–Crippen MR) is 35.3 cm³/mol. The molecule has 0 amide bonds. The standard InChI is InChI=1S/C4H13NO3Si/c1-3-4-5(2)9(6,7)8/h6-8H,3-4H2,1-2H3. The van der Waals surface area contributed by atoms with Crippen LogP contribution in [-0.2, 0) is 0 Å². The Kier molecular flexibility index (Phi) is 3.30. The van der Waals surface area contributed by atoms with Gasteiger partial charge in [0.2, 0.25) is 0 Å². The van der Waals surface area contributed by atoms with Gasteiger partial charge >= 0.3 is 8.97 Å². The normalized spacial score (nSPS) is 12.7. The lowest BCUT2D eigenvalue weighted by Crippen LogP contribution is -2.52. The molecular formula is C4H13NO3Si. The Morgan fingerprint density at radius 1 is 1.33 bits per heavy atom. The van der Waals surface area contributed by atoms with Gasteiger partial charge in [0.1, 0.15) is 0 Å². The highest BCUT2D eigenvalue weighted by atomic mass is 28.4. The van der Waals surface area contributed by atoms with Gasteiger partial charge in [0, 0.05) is 0 Å². The number of rotatable bonds is 3. The summed E-state index contributed by atoms with van der Waals surface area (Å²) >= 11 is 0. The third kappa shape index (κ3) is 3.60. The largest absolute Gasteiger partial charge is 0.591 e. The quantitative estimate of drug-likeness (QED) is 0.441. The Balaban J connectivity index is 3.59. The van der Waals surface area contributed by atoms with Crippen molar-refractivity contribution in [2.45, 2.75) is 13.3 Å². The van der Waals surface area contributed by atoms with Gasteiger partial charge < -0.3 is 14.4 Å². The molecule has 0 rings (SSSR count). The minimum atomic E-state index is -3.95. The van der Waals surface area contributed by atoms with Crippen LogP contribution in [0, 0.1) is 0 Å². The molecule has 5 heteroatoms. The van der Waals surface area contributed by atoms with Gasteiger partial charge in [-0.1, -0.05) is 6.92 Å². The van der Waals surface area contributed by atoms with Gasteiger partial charge in [-0.15, -0.1) is 0 Å². The molecule has 4 nitrogen and oxygen atoms in total. The van der Waals surface area contributed by atoms with Crippen molar-refractivity contribution in [1.82, 2.24) is 4.57 Å². The minimum Gasteiger partial charge on any atom is -0.377 e. The highest BCUT2D eigenvalue weighted by Gasteiger charge is 2.33. The summed E-state index contributed by atoms with van der Waals surface area (Å²) in [4.78, 5) is 25.8. The van der Waals surface area contributed by atoms with Crippen LogP contribution in [0.15, 0.2) is 0 Å². The molecule has 0 saturated heterocycles. The molecule has 0 spiro atoms. The summed E-state index contributed by atoms with van der Waals surface area (Å²) < 4.78 is 1.17. The molecule has 0 unspecified atom stereocenters. The summed E-state index contributed by atoms with van der Waals surface area (Å²) in [5.74, 6) is 0. The van der Waals surface area contributed by atoms with Gasteiger partial charge in [-0.3, -0.25) is 4.57 Å². The van der Waals surface area contributed by atoms with Crippen molar-refractivity contribution in [2.75, 3.05) is 13.6 Å². The molecule has 0 aliphatic rings. The van der Waals surface area contributed by atoms with Crippen LogP contribution >= 0.6 is 0 Å². The van der Waals surface area contributed by atoms with Gasteiger partial charge in [-0.25, -0.2) is 0 Å². The van der Waals surface area contributed by atoms with E-state index < -0.39 is 8.97 Å². The first-order chi connectivity index (χ1) is 3.98. The van der Waals surface area contributed by atoms with Crippen LogP contribution in [0.2, 0.25) is 0 Å². The van der Waals surface area contributed by atoms with Gasteiger partial charge in [0.05, 0.1) is 0 Å². The van der Waals surface area contributed by atoms with Crippen molar-refractivity contribution in [2.24, 2.45) is 0 Å². The summed E-state index contributed by atoms with van der Waals surface area (Å²) in [6.45, 7) is 2.41. The fraction of sp³-hybridized carbons (Fsp3) is 1.00. The van der Waals surface area contributed by atoms with Gasteiger partial charge in [0.15, 0.2) is 0 Å². The molecule has 0 fully saturated rings. The lowest BCUT2D eigenvalue weighted by molar-refractivity contribution is 0.146. The molecule has 0 aromatic carbocycles. The molecule has 9 heavy (non-hydrogen) atoms. The third-order valence-corrected chi connectivity index (χ3v) is 2.32. The first kappa shape index (κ1) is 9.06. The first-order valence-corrected chi connectivity index (χ1v) is 4.65. The van der Waals surface area contributed by atoms with E-state index in [2.05, 4.69) is 0 Å². The van der Waals surface area contributed by atoms with Gasteiger partial charge in [-0.2, -0.15) is 0 Å². The van der Waals surface area contributed by atoms with Crippen molar-refractivity contribution < 1.29 is 14.4 Å². The monoisotopic (exact) mass is 151 g/mol. The average Bonchev–Trinajstić information content (AvgIpc) is 1.64. The van der Waals surface area contributed by atoms with E-state index >= 15 is 0 Å². The summed E-state index contributed by atoms with van der Waals surface area (Å²) in [5.41, 5.74) is 0. The maximum Gasteiger partial charge on any atom is 0.591 e. The Morgan fingerprint density at radius 3 is 1.89 bits per heavy atom. The molecular weight excluding hydrogens is 138 g/mol. The maximum atomic E-state index is 8.59. The van der Waals surface area contributed by atoms with E-state index in [1.807, 2.05) is 6.92 Å². The smallest absolute Gasteiger partial charge is 0.377 e. The fourth-order valence-electron chi connectivity index (χ4n) is 0.485. The number of hydrogen-bond donors (Lipinski definition) is 3. The van der Waals surface area contributed by atoms with E-state index in [1.165, 1.54) is 11.6 Å². The van der Waals surface area contributed by atoms with Crippen LogP contribution in [0.1, 0.15) is 13.3 Å². The Hall–Kier alpha value is 0.0569. The van der Waals surface area contributed by atoms with Crippen LogP contribution in [0.3, 0.4) is 0 Å². The molecule has 0 aliphatic carbocycles. The second-order valence-corrected chi connectivity index (χ2v) is 3.98. The topological polar surface area (TPSA) is 63.9 Å². The summed E-state index contributed by atoms with van der Waals surface area (Å²) in [7, 11) is -2.47. The van der Waals surface area contributed by atoms with Gasteiger partial charge in [-0.05, 0) is 20.0 Å². The fourth-order valence-corrected chi connectivity index (χ4v) is 1.01. The van der Waals surface area contributed by atoms with Crippen LogP contribution in [0.4, 0.5) is 0 Å². The predicted octanol–water partition coefficient (Wildman–Crippen LogP) is -1.26. The molecule has 0 atom stereocenters. The van der Waals surface area contributed by atoms with Crippen LogP contribution in [0.25, 0.3) is 0 Å². The van der Waals surface area contributed by atoms with Gasteiger partial charge in [0.25, 0.3) is 0 Å². The van der Waals surface area contributed by atoms with Crippen molar-refractivity contribution in [1.29, 1.82) is 0 Å². The SMILES string of the molecule is CCCN(C)[Si](O)(O)O. The lowest BCUT2D eigenvalue weighted by atomic mass is 10.5. The molecule has 0 aliphatic heterocycles. The molecule has 0 aromatic heterocycles. The van der Waals surface area contributed by atoms with E-state index in [-0.39, 0.29) is 0 Å². The first-order valence-electron chi connectivity index (χ1n) is 2.86. The molecule has 56 valence electrons. The minimum absolute atomic E-state index is 0.510.